The number of pyridine rings is 1. The molecule has 0 aliphatic rings. The van der Waals surface area contributed by atoms with E-state index in [2.05, 4.69) is 9.97 Å². The summed E-state index contributed by atoms with van der Waals surface area (Å²) < 4.78 is 43.7. The topological polar surface area (TPSA) is 101 Å². The molecule has 0 bridgehead atoms. The quantitative estimate of drug-likeness (QED) is 0.841. The number of aryl methyl sites for hydroxylation is 2. The molecule has 2 heterocycles. The predicted molar refractivity (Wildman–Crippen MR) is 83.3 cm³/mol. The Bertz CT molecular complexity index is 869. The van der Waals surface area contributed by atoms with Crippen LogP contribution in [0.1, 0.15) is 41.0 Å². The van der Waals surface area contributed by atoms with E-state index in [1.807, 2.05) is 0 Å². The second-order valence-corrected chi connectivity index (χ2v) is 5.29. The lowest BCUT2D eigenvalue weighted by atomic mass is 10.2. The van der Waals surface area contributed by atoms with Gasteiger partial charge in [-0.05, 0) is 6.42 Å². The molecule has 2 rings (SSSR count). The van der Waals surface area contributed by atoms with Crippen LogP contribution in [0.5, 0.6) is 5.75 Å². The van der Waals surface area contributed by atoms with Gasteiger partial charge in [-0.15, -0.1) is 0 Å². The fraction of sp³-hybridized carbons (Fsp3) is 0.375. The van der Waals surface area contributed by atoms with Gasteiger partial charge in [0.25, 0.3) is 0 Å². The molecule has 0 radical (unpaired) electrons. The van der Waals surface area contributed by atoms with Crippen LogP contribution in [0.4, 0.5) is 13.2 Å². The maximum Gasteiger partial charge on any atom is 0.389 e. The largest absolute Gasteiger partial charge is 0.494 e. The lowest BCUT2D eigenvalue weighted by Gasteiger charge is -2.14. The highest BCUT2D eigenvalue weighted by Crippen LogP contribution is 2.29. The second-order valence-electron chi connectivity index (χ2n) is 5.29. The Labute approximate surface area is 146 Å². The van der Waals surface area contributed by atoms with Crippen LogP contribution in [0.3, 0.4) is 0 Å². The molecule has 1 N–H and O–H groups in total. The first-order valence-electron chi connectivity index (χ1n) is 7.56. The van der Waals surface area contributed by atoms with Crippen molar-refractivity contribution in [2.45, 2.75) is 32.4 Å². The molecule has 7 nitrogen and oxygen atoms in total. The number of aromatic carboxylic acids is 1. The fourth-order valence-corrected chi connectivity index (χ4v) is 2.42. The fourth-order valence-electron chi connectivity index (χ4n) is 2.42. The van der Waals surface area contributed by atoms with Gasteiger partial charge in [0.05, 0.1) is 13.3 Å². The van der Waals surface area contributed by atoms with Gasteiger partial charge >= 0.3 is 12.1 Å². The summed E-state index contributed by atoms with van der Waals surface area (Å²) >= 11 is 0. The molecule has 0 saturated carbocycles. The van der Waals surface area contributed by atoms with Crippen molar-refractivity contribution in [2.24, 2.45) is 0 Å². The van der Waals surface area contributed by atoms with Crippen LogP contribution in [-0.4, -0.2) is 38.9 Å². The van der Waals surface area contributed by atoms with Crippen molar-refractivity contribution in [1.82, 2.24) is 14.5 Å². The lowest BCUT2D eigenvalue weighted by Crippen LogP contribution is -2.10. The zero-order chi connectivity index (χ0) is 19.5. The van der Waals surface area contributed by atoms with Crippen molar-refractivity contribution in [2.75, 3.05) is 7.11 Å². The number of imidazole rings is 1. The molecule has 2 aromatic rings. The molecular formula is C16H15F3N4O3. The Morgan fingerprint density at radius 1 is 1.46 bits per heavy atom. The summed E-state index contributed by atoms with van der Waals surface area (Å²) in [5, 5.41) is 18.6. The van der Waals surface area contributed by atoms with E-state index in [1.54, 1.807) is 13.0 Å². The number of aromatic nitrogens is 3. The minimum atomic E-state index is -4.31. The first-order valence-corrected chi connectivity index (χ1v) is 7.56. The van der Waals surface area contributed by atoms with Gasteiger partial charge in [-0.2, -0.15) is 18.4 Å². The monoisotopic (exact) mass is 368 g/mol. The summed E-state index contributed by atoms with van der Waals surface area (Å²) in [5.41, 5.74) is -0.222. The van der Waals surface area contributed by atoms with Gasteiger partial charge < -0.3 is 9.84 Å². The third-order valence-corrected chi connectivity index (χ3v) is 3.60. The van der Waals surface area contributed by atoms with E-state index in [9.17, 15) is 28.3 Å². The van der Waals surface area contributed by atoms with E-state index in [-0.39, 0.29) is 29.2 Å². The smallest absolute Gasteiger partial charge is 0.389 e. The van der Waals surface area contributed by atoms with Crippen molar-refractivity contribution < 1.29 is 27.8 Å². The maximum absolute atomic E-state index is 12.4. The third kappa shape index (κ3) is 3.93. The first kappa shape index (κ1) is 19.2. The summed E-state index contributed by atoms with van der Waals surface area (Å²) in [5.74, 6) is -0.900. The van der Waals surface area contributed by atoms with Crippen molar-refractivity contribution in [3.05, 3.63) is 35.2 Å². The normalized spacial score (nSPS) is 11.2. The number of alkyl halides is 3. The summed E-state index contributed by atoms with van der Waals surface area (Å²) in [7, 11) is 1.32. The minimum absolute atomic E-state index is 0.165. The first-order chi connectivity index (χ1) is 12.2. The average Bonchev–Trinajstić information content (AvgIpc) is 2.97. The molecule has 0 atom stereocenters. The maximum atomic E-state index is 12.4. The predicted octanol–water partition coefficient (Wildman–Crippen LogP) is 2.90. The van der Waals surface area contributed by atoms with Crippen LogP contribution in [0.15, 0.2) is 12.3 Å². The molecule has 26 heavy (non-hydrogen) atoms. The van der Waals surface area contributed by atoms with Crippen molar-refractivity contribution in [1.29, 1.82) is 5.26 Å². The summed E-state index contributed by atoms with van der Waals surface area (Å²) in [6, 6.07) is 3.13. The SMILES string of the molecule is CCc1nc(C(=O)O)c(C#N)n1-c1cnc(CCC(F)(F)F)cc1OC. The molecule has 10 heteroatoms. The highest BCUT2D eigenvalue weighted by Gasteiger charge is 2.28. The van der Waals surface area contributed by atoms with E-state index >= 15 is 0 Å². The Morgan fingerprint density at radius 2 is 2.15 bits per heavy atom. The van der Waals surface area contributed by atoms with E-state index in [0.29, 0.717) is 12.2 Å². The number of ether oxygens (including phenoxy) is 1. The van der Waals surface area contributed by atoms with Crippen molar-refractivity contribution in [3.8, 4) is 17.5 Å². The second kappa shape index (κ2) is 7.43. The number of halogens is 3. The Balaban J connectivity index is 2.55. The molecule has 0 aliphatic carbocycles. The van der Waals surface area contributed by atoms with Crippen LogP contribution in [0, 0.1) is 11.3 Å². The van der Waals surface area contributed by atoms with E-state index < -0.39 is 24.3 Å². The highest BCUT2D eigenvalue weighted by atomic mass is 19.4. The number of rotatable bonds is 6. The summed E-state index contributed by atoms with van der Waals surface area (Å²) in [4.78, 5) is 19.2. The Morgan fingerprint density at radius 3 is 2.65 bits per heavy atom. The van der Waals surface area contributed by atoms with Crippen molar-refractivity contribution >= 4 is 5.97 Å². The van der Waals surface area contributed by atoms with E-state index in [4.69, 9.17) is 4.74 Å². The van der Waals surface area contributed by atoms with Crippen LogP contribution in [-0.2, 0) is 12.8 Å². The van der Waals surface area contributed by atoms with E-state index in [1.165, 1.54) is 23.9 Å². The zero-order valence-corrected chi connectivity index (χ0v) is 14.0. The number of nitriles is 1. The van der Waals surface area contributed by atoms with Crippen LogP contribution < -0.4 is 4.74 Å². The molecule has 0 spiro atoms. The van der Waals surface area contributed by atoms with Gasteiger partial charge in [0.2, 0.25) is 0 Å². The van der Waals surface area contributed by atoms with Gasteiger partial charge in [0.1, 0.15) is 23.3 Å². The zero-order valence-electron chi connectivity index (χ0n) is 14.0. The Kier molecular flexibility index (Phi) is 5.50. The number of carboxylic acids is 1. The molecule has 0 fully saturated rings. The standard InChI is InChI=1S/C16H15F3N4O3/c1-3-13-22-14(15(24)25)10(7-20)23(13)11-8-21-9(6-12(11)26-2)4-5-16(17,18)19/h6,8H,3-5H2,1-2H3,(H,24,25). The number of carbonyl (C=O) groups is 1. The number of hydrogen-bond acceptors (Lipinski definition) is 5. The molecule has 0 saturated heterocycles. The minimum Gasteiger partial charge on any atom is -0.494 e. The molecule has 0 unspecified atom stereocenters. The highest BCUT2D eigenvalue weighted by molar-refractivity contribution is 5.88. The lowest BCUT2D eigenvalue weighted by molar-refractivity contribution is -0.134. The van der Waals surface area contributed by atoms with Crippen molar-refractivity contribution in [3.63, 3.8) is 0 Å². The van der Waals surface area contributed by atoms with E-state index in [0.717, 1.165) is 0 Å². The third-order valence-electron chi connectivity index (χ3n) is 3.60. The molecular weight excluding hydrogens is 353 g/mol. The summed E-state index contributed by atoms with van der Waals surface area (Å²) in [6.45, 7) is 1.73. The van der Waals surface area contributed by atoms with Crippen LogP contribution in [0.25, 0.3) is 5.69 Å². The van der Waals surface area contributed by atoms with Gasteiger partial charge in [-0.3, -0.25) is 9.55 Å². The molecule has 0 amide bonds. The molecule has 0 aliphatic heterocycles. The van der Waals surface area contributed by atoms with Gasteiger partial charge in [0, 0.05) is 24.6 Å². The number of hydrogen-bond donors (Lipinski definition) is 1. The number of methoxy groups -OCH3 is 1. The molecule has 138 valence electrons. The van der Waals surface area contributed by atoms with Gasteiger partial charge in [0.15, 0.2) is 11.4 Å². The molecule has 2 aromatic heterocycles. The van der Waals surface area contributed by atoms with Gasteiger partial charge in [-0.1, -0.05) is 6.92 Å². The van der Waals surface area contributed by atoms with Crippen LogP contribution in [0.2, 0.25) is 0 Å². The number of carboxylic acid groups (broad SMARTS) is 1. The Hall–Kier alpha value is -3.09. The summed E-state index contributed by atoms with van der Waals surface area (Å²) in [6.07, 6.45) is -4.09. The molecule has 0 aromatic carbocycles. The average molecular weight is 368 g/mol. The number of nitrogens with zero attached hydrogens (tertiary/aromatic N) is 4. The van der Waals surface area contributed by atoms with Gasteiger partial charge in [-0.25, -0.2) is 9.78 Å². The van der Waals surface area contributed by atoms with Crippen LogP contribution >= 0.6 is 0 Å².